The molecule has 1 N–H and O–H groups in total. The summed E-state index contributed by atoms with van der Waals surface area (Å²) < 4.78 is 33.7. The van der Waals surface area contributed by atoms with Gasteiger partial charge in [0, 0.05) is 0 Å². The van der Waals surface area contributed by atoms with Crippen LogP contribution in [0.3, 0.4) is 0 Å². The molecule has 1 atom stereocenters. The summed E-state index contributed by atoms with van der Waals surface area (Å²) in [6.07, 6.45) is 0. The minimum absolute atomic E-state index is 0.343. The number of carboxylic acids is 1. The maximum absolute atomic E-state index is 12.9. The zero-order valence-corrected chi connectivity index (χ0v) is 8.06. The molecule has 0 bridgehead atoms. The van der Waals surface area contributed by atoms with Gasteiger partial charge < -0.3 is 9.66 Å². The third-order valence-corrected chi connectivity index (χ3v) is 2.42. The smallest absolute Gasteiger partial charge is 0.337 e. The summed E-state index contributed by atoms with van der Waals surface area (Å²) in [5.41, 5.74) is -0.452. The van der Waals surface area contributed by atoms with Gasteiger partial charge in [0.15, 0.2) is 0 Å². The van der Waals surface area contributed by atoms with E-state index >= 15 is 0 Å². The number of carbonyl (C=O) groups is 1. The Morgan fingerprint density at radius 3 is 2.57 bits per heavy atom. The molecule has 7 heteroatoms. The van der Waals surface area contributed by atoms with Crippen molar-refractivity contribution >= 4 is 28.7 Å². The molecule has 1 unspecified atom stereocenters. The van der Waals surface area contributed by atoms with E-state index in [1.54, 1.807) is 0 Å². The summed E-state index contributed by atoms with van der Waals surface area (Å²) in [6.45, 7) is 0. The fourth-order valence-corrected chi connectivity index (χ4v) is 1.48. The normalized spacial score (nSPS) is 12.5. The Balaban J connectivity index is 3.42. The molecule has 0 saturated carbocycles. The highest BCUT2D eigenvalue weighted by Crippen LogP contribution is 2.22. The van der Waals surface area contributed by atoms with Crippen molar-refractivity contribution in [3.05, 3.63) is 28.5 Å². The summed E-state index contributed by atoms with van der Waals surface area (Å²) in [4.78, 5) is 9.78. The highest BCUT2D eigenvalue weighted by Gasteiger charge is 2.13. The number of rotatable bonds is 2. The second-order valence-corrected chi connectivity index (χ2v) is 3.62. The van der Waals surface area contributed by atoms with E-state index in [9.17, 15) is 17.9 Å². The molecule has 0 aliphatic rings. The lowest BCUT2D eigenvalue weighted by molar-refractivity contribution is 0.0696. The van der Waals surface area contributed by atoms with E-state index in [0.29, 0.717) is 12.1 Å². The maximum Gasteiger partial charge on any atom is 0.337 e. The Kier molecular flexibility index (Phi) is 3.20. The van der Waals surface area contributed by atoms with Gasteiger partial charge in [0.1, 0.15) is 5.82 Å². The molecule has 0 radical (unpaired) electrons. The summed E-state index contributed by atoms with van der Waals surface area (Å²) in [5, 5.41) is 8.21. The van der Waals surface area contributed by atoms with Crippen molar-refractivity contribution in [1.82, 2.24) is 0 Å². The molecule has 0 aliphatic carbocycles. The van der Waals surface area contributed by atoms with Crippen LogP contribution in [0.25, 0.3) is 0 Å². The second-order valence-electron chi connectivity index (χ2n) is 2.30. The van der Waals surface area contributed by atoms with Crippen molar-refractivity contribution in [2.75, 3.05) is 0 Å². The third-order valence-electron chi connectivity index (χ3n) is 1.43. The van der Waals surface area contributed by atoms with E-state index in [0.717, 1.165) is 0 Å². The fraction of sp³-hybridized carbons (Fsp3) is 0. The number of hydrogen-bond acceptors (Lipinski definition) is 3. The van der Waals surface area contributed by atoms with Gasteiger partial charge in [-0.2, -0.15) is 0 Å². The molecule has 1 aromatic carbocycles. The van der Waals surface area contributed by atoms with E-state index in [-0.39, 0.29) is 5.02 Å². The van der Waals surface area contributed by atoms with Crippen molar-refractivity contribution in [3.63, 3.8) is 0 Å². The number of halogens is 2. The first-order chi connectivity index (χ1) is 6.43. The average Bonchev–Trinajstić information content (AvgIpc) is 2.02. The Hall–Kier alpha value is -0.980. The minimum Gasteiger partial charge on any atom is -0.768 e. The molecular weight excluding hydrogens is 235 g/mol. The molecular formula is C7H3ClFO4S-. The fourth-order valence-electron chi connectivity index (χ4n) is 0.821. The van der Waals surface area contributed by atoms with Crippen LogP contribution in [0.1, 0.15) is 10.4 Å². The molecule has 1 aromatic rings. The lowest BCUT2D eigenvalue weighted by Crippen LogP contribution is -2.02. The standard InChI is InChI=1S/C7H4ClFO4S/c8-4-2-5(9)6(14(12)13)1-3(4)7(10)11/h1-2H,(H,10,11)(H,12,13)/p-1. The number of aromatic carboxylic acids is 1. The highest BCUT2D eigenvalue weighted by atomic mass is 35.5. The lowest BCUT2D eigenvalue weighted by Gasteiger charge is -2.08. The molecule has 76 valence electrons. The predicted octanol–water partition coefficient (Wildman–Crippen LogP) is 1.42. The van der Waals surface area contributed by atoms with Crippen LogP contribution in [-0.4, -0.2) is 19.8 Å². The van der Waals surface area contributed by atoms with Gasteiger partial charge >= 0.3 is 5.97 Å². The molecule has 0 fully saturated rings. The Morgan fingerprint density at radius 1 is 1.57 bits per heavy atom. The van der Waals surface area contributed by atoms with E-state index in [4.69, 9.17) is 16.7 Å². The topological polar surface area (TPSA) is 77.4 Å². The molecule has 0 aromatic heterocycles. The molecule has 14 heavy (non-hydrogen) atoms. The summed E-state index contributed by atoms with van der Waals surface area (Å²) in [7, 11) is 0. The van der Waals surface area contributed by atoms with Crippen LogP contribution < -0.4 is 0 Å². The van der Waals surface area contributed by atoms with Gasteiger partial charge in [0.05, 0.1) is 15.5 Å². The Labute approximate surface area is 85.6 Å². The summed E-state index contributed by atoms with van der Waals surface area (Å²) in [5.74, 6) is -2.49. The molecule has 4 nitrogen and oxygen atoms in total. The number of hydrogen-bond donors (Lipinski definition) is 1. The maximum atomic E-state index is 12.9. The molecule has 1 rings (SSSR count). The van der Waals surface area contributed by atoms with Crippen LogP contribution in [0.15, 0.2) is 17.0 Å². The first-order valence-corrected chi connectivity index (χ1v) is 4.70. The minimum atomic E-state index is -2.82. The monoisotopic (exact) mass is 237 g/mol. The second kappa shape index (κ2) is 4.04. The van der Waals surface area contributed by atoms with E-state index in [2.05, 4.69) is 0 Å². The quantitative estimate of drug-likeness (QED) is 0.789. The molecule has 0 heterocycles. The Morgan fingerprint density at radius 2 is 2.14 bits per heavy atom. The van der Waals surface area contributed by atoms with Gasteiger partial charge in [-0.1, -0.05) is 11.6 Å². The van der Waals surface area contributed by atoms with Crippen LogP contribution >= 0.6 is 11.6 Å². The van der Waals surface area contributed by atoms with Crippen LogP contribution in [-0.2, 0) is 11.1 Å². The van der Waals surface area contributed by atoms with Crippen LogP contribution in [0.5, 0.6) is 0 Å². The first kappa shape index (κ1) is 11.1. The number of benzene rings is 1. The van der Waals surface area contributed by atoms with Crippen molar-refractivity contribution < 1.29 is 23.1 Å². The number of carboxylic acid groups (broad SMARTS) is 1. The van der Waals surface area contributed by atoms with Gasteiger partial charge in [0.25, 0.3) is 0 Å². The van der Waals surface area contributed by atoms with E-state index < -0.39 is 33.3 Å². The van der Waals surface area contributed by atoms with Gasteiger partial charge in [-0.15, -0.1) is 0 Å². The first-order valence-electron chi connectivity index (χ1n) is 3.25. The largest absolute Gasteiger partial charge is 0.768 e. The SMILES string of the molecule is O=C(O)c1cc(S(=O)[O-])c(F)cc1Cl. The Bertz CT molecular complexity index is 385. The third kappa shape index (κ3) is 2.09. The molecule has 0 spiro atoms. The molecule has 0 aliphatic heterocycles. The highest BCUT2D eigenvalue weighted by molar-refractivity contribution is 7.79. The van der Waals surface area contributed by atoms with Crippen LogP contribution in [0, 0.1) is 5.82 Å². The van der Waals surface area contributed by atoms with Crippen molar-refractivity contribution in [2.45, 2.75) is 4.90 Å². The average molecular weight is 238 g/mol. The van der Waals surface area contributed by atoms with E-state index in [1.807, 2.05) is 0 Å². The van der Waals surface area contributed by atoms with Crippen molar-refractivity contribution in [3.8, 4) is 0 Å². The lowest BCUT2D eigenvalue weighted by atomic mass is 10.2. The molecule has 0 amide bonds. The van der Waals surface area contributed by atoms with Crippen molar-refractivity contribution in [1.29, 1.82) is 0 Å². The predicted molar refractivity (Wildman–Crippen MR) is 45.6 cm³/mol. The zero-order chi connectivity index (χ0) is 10.9. The van der Waals surface area contributed by atoms with Gasteiger partial charge in [0.2, 0.25) is 0 Å². The summed E-state index contributed by atoms with van der Waals surface area (Å²) in [6, 6.07) is 1.32. The van der Waals surface area contributed by atoms with Crippen LogP contribution in [0.4, 0.5) is 4.39 Å². The van der Waals surface area contributed by atoms with Gasteiger partial charge in [-0.05, 0) is 23.2 Å². The van der Waals surface area contributed by atoms with Crippen LogP contribution in [0.2, 0.25) is 5.02 Å². The van der Waals surface area contributed by atoms with E-state index in [1.165, 1.54) is 0 Å². The van der Waals surface area contributed by atoms with Gasteiger partial charge in [-0.25, -0.2) is 9.18 Å². The molecule has 0 saturated heterocycles. The zero-order valence-electron chi connectivity index (χ0n) is 6.49. The van der Waals surface area contributed by atoms with Crippen molar-refractivity contribution in [2.24, 2.45) is 0 Å². The summed E-state index contributed by atoms with van der Waals surface area (Å²) >= 11 is 2.56. The van der Waals surface area contributed by atoms with Gasteiger partial charge in [-0.3, -0.25) is 4.21 Å².